The molecule has 2 aromatic heterocycles. The number of benzene rings is 4. The van der Waals surface area contributed by atoms with Gasteiger partial charge in [0.15, 0.2) is 0 Å². The smallest absolute Gasteiger partial charge is 0.337 e. The Balaban J connectivity index is 0.775. The predicted octanol–water partition coefficient (Wildman–Crippen LogP) is 10.5. The number of hydrogen-bond acceptors (Lipinski definition) is 6. The molecule has 0 radical (unpaired) electrons. The monoisotopic (exact) mass is 700 g/mol. The van der Waals surface area contributed by atoms with Crippen LogP contribution in [0.15, 0.2) is 110 Å². The predicted molar refractivity (Wildman–Crippen MR) is 206 cm³/mol. The summed E-state index contributed by atoms with van der Waals surface area (Å²) in [6, 6.07) is 27.5. The lowest BCUT2D eigenvalue weighted by molar-refractivity contribution is 0.0592. The first-order valence-corrected chi connectivity index (χ1v) is 18.4. The summed E-state index contributed by atoms with van der Waals surface area (Å²) in [5.41, 5.74) is 3.19. The van der Waals surface area contributed by atoms with Gasteiger partial charge in [-0.2, -0.15) is 0 Å². The molecule has 8 nitrogen and oxygen atoms in total. The molecule has 0 unspecified atom stereocenters. The van der Waals surface area contributed by atoms with E-state index in [-0.39, 0.29) is 11.9 Å². The molecule has 270 valence electrons. The molecule has 0 saturated carbocycles. The van der Waals surface area contributed by atoms with Gasteiger partial charge in [-0.3, -0.25) is 0 Å². The molecule has 0 aliphatic rings. The van der Waals surface area contributed by atoms with Crippen LogP contribution in [-0.2, 0) is 9.47 Å². The summed E-state index contributed by atoms with van der Waals surface area (Å²) in [5.74, 6) is 1.12. The first-order chi connectivity index (χ1) is 25.5. The van der Waals surface area contributed by atoms with E-state index in [9.17, 15) is 9.59 Å². The molecule has 6 aromatic rings. The summed E-state index contributed by atoms with van der Waals surface area (Å²) in [6.45, 7) is 1.47. The highest BCUT2D eigenvalue weighted by molar-refractivity contribution is 5.96. The van der Waals surface area contributed by atoms with Crippen LogP contribution in [0.3, 0.4) is 0 Å². The molecule has 8 heteroatoms. The lowest BCUT2D eigenvalue weighted by Gasteiger charge is -2.08. The van der Waals surface area contributed by atoms with Crippen molar-refractivity contribution in [1.82, 2.24) is 9.13 Å². The van der Waals surface area contributed by atoms with Gasteiger partial charge < -0.3 is 28.1 Å². The van der Waals surface area contributed by atoms with E-state index in [0.717, 1.165) is 70.5 Å². The van der Waals surface area contributed by atoms with Crippen LogP contribution in [0, 0.1) is 0 Å². The highest BCUT2D eigenvalue weighted by Gasteiger charge is 2.10. The van der Waals surface area contributed by atoms with Crippen molar-refractivity contribution in [1.29, 1.82) is 0 Å². The number of carbonyl (C=O) groups is 2. The van der Waals surface area contributed by atoms with E-state index >= 15 is 0 Å². The molecule has 0 saturated heterocycles. The van der Waals surface area contributed by atoms with Crippen molar-refractivity contribution < 1.29 is 28.5 Å². The third kappa shape index (κ3) is 9.63. The fourth-order valence-corrected chi connectivity index (χ4v) is 6.50. The summed E-state index contributed by atoms with van der Waals surface area (Å²) in [7, 11) is 2.79. The van der Waals surface area contributed by atoms with E-state index in [4.69, 9.17) is 18.9 Å². The molecule has 0 aliphatic carbocycles. The van der Waals surface area contributed by atoms with Crippen LogP contribution in [0.5, 0.6) is 11.5 Å². The molecule has 0 spiro atoms. The molecule has 0 bridgehead atoms. The van der Waals surface area contributed by atoms with Gasteiger partial charge in [-0.15, -0.1) is 0 Å². The minimum Gasteiger partial charge on any atom is -0.494 e. The highest BCUT2D eigenvalue weighted by atomic mass is 16.5. The number of ether oxygens (including phenoxy) is 4. The third-order valence-electron chi connectivity index (χ3n) is 9.47. The van der Waals surface area contributed by atoms with Gasteiger partial charge in [0.1, 0.15) is 11.5 Å². The number of esters is 2. The zero-order valence-electron chi connectivity index (χ0n) is 30.2. The number of methoxy groups -OCH3 is 2. The Hall–Kier alpha value is -5.50. The maximum atomic E-state index is 11.8. The second-order valence-electron chi connectivity index (χ2n) is 13.2. The molecule has 0 N–H and O–H groups in total. The van der Waals surface area contributed by atoms with E-state index in [1.807, 2.05) is 60.9 Å². The van der Waals surface area contributed by atoms with Gasteiger partial charge in [0.25, 0.3) is 0 Å². The topological polar surface area (TPSA) is 80.9 Å². The van der Waals surface area contributed by atoms with Crippen LogP contribution in [0.1, 0.15) is 84.9 Å². The minimum atomic E-state index is -0.328. The Labute approximate surface area is 305 Å². The fourth-order valence-electron chi connectivity index (χ4n) is 6.50. The molecule has 6 rings (SSSR count). The van der Waals surface area contributed by atoms with Crippen LogP contribution >= 0.6 is 0 Å². The van der Waals surface area contributed by atoms with E-state index in [1.54, 1.807) is 12.1 Å². The van der Waals surface area contributed by atoms with Crippen molar-refractivity contribution >= 4 is 33.5 Å². The normalized spacial score (nSPS) is 11.2. The van der Waals surface area contributed by atoms with E-state index in [2.05, 4.69) is 45.8 Å². The lowest BCUT2D eigenvalue weighted by Crippen LogP contribution is -1.99. The van der Waals surface area contributed by atoms with Crippen molar-refractivity contribution in [2.75, 3.05) is 27.4 Å². The fraction of sp³-hybridized carbons (Fsp3) is 0.318. The number of hydrogen-bond donors (Lipinski definition) is 0. The maximum absolute atomic E-state index is 11.8. The number of rotatable bonds is 19. The summed E-state index contributed by atoms with van der Waals surface area (Å²) in [4.78, 5) is 23.7. The van der Waals surface area contributed by atoms with Gasteiger partial charge in [-0.05, 0) is 96.4 Å². The third-order valence-corrected chi connectivity index (χ3v) is 9.47. The van der Waals surface area contributed by atoms with Crippen LogP contribution in [0.2, 0.25) is 0 Å². The Morgan fingerprint density at radius 2 is 0.788 bits per heavy atom. The van der Waals surface area contributed by atoms with Gasteiger partial charge in [0, 0.05) is 46.9 Å². The Bertz CT molecular complexity index is 1910. The first-order valence-electron chi connectivity index (χ1n) is 18.4. The van der Waals surface area contributed by atoms with Crippen LogP contribution in [-0.4, -0.2) is 48.5 Å². The molecule has 4 aromatic carbocycles. The van der Waals surface area contributed by atoms with Crippen molar-refractivity contribution in [3.8, 4) is 22.9 Å². The largest absolute Gasteiger partial charge is 0.494 e. The Kier molecular flexibility index (Phi) is 12.7. The summed E-state index contributed by atoms with van der Waals surface area (Å²) in [5, 5.41) is 4.12. The zero-order valence-corrected chi connectivity index (χ0v) is 30.2. The summed E-state index contributed by atoms with van der Waals surface area (Å²) >= 11 is 0. The summed E-state index contributed by atoms with van der Waals surface area (Å²) < 4.78 is 25.8. The zero-order chi connectivity index (χ0) is 36.1. The second-order valence-corrected chi connectivity index (χ2v) is 13.2. The van der Waals surface area contributed by atoms with Crippen molar-refractivity contribution in [2.24, 2.45) is 0 Å². The number of nitrogens with zero attached hydrogens (tertiary/aromatic N) is 2. The van der Waals surface area contributed by atoms with Gasteiger partial charge in [-0.1, -0.05) is 63.5 Å². The van der Waals surface area contributed by atoms with Crippen LogP contribution < -0.4 is 9.47 Å². The second kappa shape index (κ2) is 18.1. The average molecular weight is 701 g/mol. The lowest BCUT2D eigenvalue weighted by atomic mass is 10.1. The van der Waals surface area contributed by atoms with Gasteiger partial charge in [0.05, 0.1) is 38.6 Å². The van der Waals surface area contributed by atoms with Crippen molar-refractivity contribution in [3.63, 3.8) is 0 Å². The van der Waals surface area contributed by atoms with Crippen LogP contribution in [0.25, 0.3) is 32.9 Å². The molecular weight excluding hydrogens is 652 g/mol. The molecule has 0 amide bonds. The molecular formula is C44H48N2O6. The maximum Gasteiger partial charge on any atom is 0.337 e. The molecule has 52 heavy (non-hydrogen) atoms. The SMILES string of the molecule is COC(=O)c1ccc2cn(-c3ccc(OCCCCCCCCCCCCOc4ccc(-n5cc6ccc(C(=O)OC)cc6c5)cc4)cc3)cc2c1. The quantitative estimate of drug-likeness (QED) is 0.0618. The van der Waals surface area contributed by atoms with Crippen molar-refractivity contribution in [3.05, 3.63) is 121 Å². The standard InChI is InChI=1S/C44H48N2O6/c1-49-43(47)33-13-15-35-29-45(31-37(35)27-33)39-17-21-41(22-18-39)51-25-11-9-7-5-3-4-6-8-10-12-26-52-42-23-19-40(20-24-42)46-30-36-16-14-34(44(48)50-2)28-38(36)32-46/h13-24,27-32H,3-12,25-26H2,1-2H3. The molecule has 2 heterocycles. The molecule has 0 aliphatic heterocycles. The van der Waals surface area contributed by atoms with Crippen molar-refractivity contribution in [2.45, 2.75) is 64.2 Å². The first kappa shape index (κ1) is 36.3. The van der Waals surface area contributed by atoms with Gasteiger partial charge in [-0.25, -0.2) is 9.59 Å². The average Bonchev–Trinajstić information content (AvgIpc) is 3.82. The number of unbranched alkanes of at least 4 members (excludes halogenated alkanes) is 9. The number of carbonyl (C=O) groups excluding carboxylic acids is 2. The van der Waals surface area contributed by atoms with Gasteiger partial charge in [0.2, 0.25) is 0 Å². The van der Waals surface area contributed by atoms with Crippen LogP contribution in [0.4, 0.5) is 0 Å². The number of aromatic nitrogens is 2. The molecule has 0 atom stereocenters. The molecule has 0 fully saturated rings. The van der Waals surface area contributed by atoms with E-state index in [0.29, 0.717) is 11.1 Å². The minimum absolute atomic E-state index is 0.328. The van der Waals surface area contributed by atoms with E-state index in [1.165, 1.54) is 65.6 Å². The summed E-state index contributed by atoms with van der Waals surface area (Å²) in [6.07, 6.45) is 20.4. The highest BCUT2D eigenvalue weighted by Crippen LogP contribution is 2.24. The Morgan fingerprint density at radius 1 is 0.442 bits per heavy atom. The van der Waals surface area contributed by atoms with E-state index < -0.39 is 0 Å². The van der Waals surface area contributed by atoms with Gasteiger partial charge >= 0.3 is 11.9 Å². The number of fused-ring (bicyclic) bond motifs is 2. The Morgan fingerprint density at radius 3 is 1.15 bits per heavy atom.